The summed E-state index contributed by atoms with van der Waals surface area (Å²) in [6, 6.07) is 0. The molecule has 0 unspecified atom stereocenters. The second-order valence-electron chi connectivity index (χ2n) is 1.83. The van der Waals surface area contributed by atoms with Crippen LogP contribution in [-0.4, -0.2) is 11.9 Å². The molecule has 0 aliphatic carbocycles. The molecule has 0 aromatic rings. The van der Waals surface area contributed by atoms with Crippen LogP contribution in [0.4, 0.5) is 0 Å². The van der Waals surface area contributed by atoms with Gasteiger partial charge in [0.25, 0.3) is 0 Å². The largest absolute Gasteiger partial charge is 2.00 e. The zero-order valence-electron chi connectivity index (χ0n) is 7.81. The van der Waals surface area contributed by atoms with Crippen molar-refractivity contribution in [2.24, 2.45) is 0 Å². The van der Waals surface area contributed by atoms with Crippen LogP contribution >= 0.6 is 0 Å². The topological polar surface area (TPSA) is 80.3 Å². The molecule has 0 bridgehead atoms. The number of carboxylic acid groups (broad SMARTS) is 2. The van der Waals surface area contributed by atoms with Gasteiger partial charge >= 0.3 is 17.1 Å². The first-order valence-electron chi connectivity index (χ1n) is 3.54. The molecule has 5 heteroatoms. The standard InChI is InChI=1S/2C5H6O2.Cu/c2*1-2-3-4-5(6)7;/h2*2-4H,1H2,(H,6,7);/q;;+2/p-2. The predicted octanol–water partition coefficient (Wildman–Crippen LogP) is -1.05. The summed E-state index contributed by atoms with van der Waals surface area (Å²) < 4.78 is 0. The van der Waals surface area contributed by atoms with Gasteiger partial charge in [-0.15, -0.1) is 0 Å². The Labute approximate surface area is 98.8 Å². The van der Waals surface area contributed by atoms with Gasteiger partial charge < -0.3 is 19.8 Å². The first-order chi connectivity index (χ1) is 6.54. The number of rotatable bonds is 4. The summed E-state index contributed by atoms with van der Waals surface area (Å²) in [5.41, 5.74) is 0. The van der Waals surface area contributed by atoms with Crippen molar-refractivity contribution >= 4 is 11.9 Å². The van der Waals surface area contributed by atoms with Crippen molar-refractivity contribution < 1.29 is 36.9 Å². The third-order valence-corrected chi connectivity index (χ3v) is 0.737. The Morgan fingerprint density at radius 3 is 1.20 bits per heavy atom. The second-order valence-corrected chi connectivity index (χ2v) is 1.83. The van der Waals surface area contributed by atoms with Gasteiger partial charge in [0, 0.05) is 0 Å². The van der Waals surface area contributed by atoms with Crippen LogP contribution in [0.2, 0.25) is 0 Å². The van der Waals surface area contributed by atoms with Gasteiger partial charge in [0.05, 0.1) is 11.9 Å². The molecule has 0 aromatic carbocycles. The number of hydrogen-bond donors (Lipinski definition) is 0. The first-order valence-corrected chi connectivity index (χ1v) is 3.54. The van der Waals surface area contributed by atoms with Crippen molar-refractivity contribution in [1.29, 1.82) is 0 Å². The molecule has 0 spiro atoms. The molecule has 1 radical (unpaired) electrons. The maximum absolute atomic E-state index is 9.51. The van der Waals surface area contributed by atoms with E-state index in [1.807, 2.05) is 0 Å². The zero-order valence-corrected chi connectivity index (χ0v) is 8.75. The van der Waals surface area contributed by atoms with E-state index in [1.165, 1.54) is 24.3 Å². The SMILES string of the molecule is C=CC=CC(=O)[O-].C=CC=CC(=O)[O-].[Cu+2]. The third kappa shape index (κ3) is 32.7. The summed E-state index contributed by atoms with van der Waals surface area (Å²) >= 11 is 0. The number of aliphatic carboxylic acids is 2. The van der Waals surface area contributed by atoms with E-state index in [9.17, 15) is 19.8 Å². The Morgan fingerprint density at radius 1 is 0.867 bits per heavy atom. The Bertz CT molecular complexity index is 239. The van der Waals surface area contributed by atoms with Crippen LogP contribution in [0.25, 0.3) is 0 Å². The number of allylic oxidation sites excluding steroid dienone is 4. The fourth-order valence-electron chi connectivity index (χ4n) is 0.293. The Balaban J connectivity index is -0.000000180. The van der Waals surface area contributed by atoms with Crippen molar-refractivity contribution in [2.75, 3.05) is 0 Å². The van der Waals surface area contributed by atoms with Crippen LogP contribution in [0.15, 0.2) is 49.6 Å². The monoisotopic (exact) mass is 257 g/mol. The summed E-state index contributed by atoms with van der Waals surface area (Å²) in [5.74, 6) is -2.39. The van der Waals surface area contributed by atoms with Crippen LogP contribution in [-0.2, 0) is 26.7 Å². The summed E-state index contributed by atoms with van der Waals surface area (Å²) in [4.78, 5) is 19.0. The van der Waals surface area contributed by atoms with E-state index >= 15 is 0 Å². The molecular weight excluding hydrogens is 248 g/mol. The molecule has 0 rings (SSSR count). The van der Waals surface area contributed by atoms with E-state index in [0.29, 0.717) is 0 Å². The van der Waals surface area contributed by atoms with Gasteiger partial charge in [0.15, 0.2) is 0 Å². The molecule has 0 aliphatic rings. The maximum Gasteiger partial charge on any atom is 2.00 e. The summed E-state index contributed by atoms with van der Waals surface area (Å²) in [7, 11) is 0. The van der Waals surface area contributed by atoms with Gasteiger partial charge in [-0.1, -0.05) is 37.5 Å². The quantitative estimate of drug-likeness (QED) is 0.366. The summed E-state index contributed by atoms with van der Waals surface area (Å²) in [6.45, 7) is 6.51. The van der Waals surface area contributed by atoms with Crippen molar-refractivity contribution in [2.45, 2.75) is 0 Å². The molecule has 0 amide bonds. The van der Waals surface area contributed by atoms with Crippen LogP contribution < -0.4 is 10.2 Å². The van der Waals surface area contributed by atoms with Crippen molar-refractivity contribution in [1.82, 2.24) is 0 Å². The number of carbonyl (C=O) groups excluding carboxylic acids is 2. The fraction of sp³-hybridized carbons (Fsp3) is 0. The predicted molar refractivity (Wildman–Crippen MR) is 48.7 cm³/mol. The minimum atomic E-state index is -1.19. The molecule has 0 fully saturated rings. The van der Waals surface area contributed by atoms with E-state index in [2.05, 4.69) is 13.2 Å². The van der Waals surface area contributed by atoms with Gasteiger partial charge in [-0.25, -0.2) is 0 Å². The van der Waals surface area contributed by atoms with Crippen molar-refractivity contribution in [3.8, 4) is 0 Å². The molecule has 0 atom stereocenters. The van der Waals surface area contributed by atoms with Gasteiger partial charge in [-0.05, 0) is 12.2 Å². The first kappa shape index (κ1) is 19.1. The molecule has 0 saturated heterocycles. The second kappa shape index (κ2) is 14.9. The van der Waals surface area contributed by atoms with Gasteiger partial charge in [0.1, 0.15) is 0 Å². The van der Waals surface area contributed by atoms with E-state index in [-0.39, 0.29) is 17.1 Å². The van der Waals surface area contributed by atoms with Crippen LogP contribution in [0.3, 0.4) is 0 Å². The molecule has 4 nitrogen and oxygen atoms in total. The Hall–Kier alpha value is -1.58. The molecule has 0 aliphatic heterocycles. The molecule has 0 aromatic heterocycles. The average molecular weight is 258 g/mol. The van der Waals surface area contributed by atoms with E-state index < -0.39 is 11.9 Å². The normalized spacial score (nSPS) is 8.53. The molecule has 0 N–H and O–H groups in total. The van der Waals surface area contributed by atoms with Gasteiger partial charge in [-0.2, -0.15) is 0 Å². The maximum atomic E-state index is 9.51. The van der Waals surface area contributed by atoms with Crippen molar-refractivity contribution in [3.05, 3.63) is 49.6 Å². The average Bonchev–Trinajstić information content (AvgIpc) is 2.12. The van der Waals surface area contributed by atoms with Gasteiger partial charge in [0.2, 0.25) is 0 Å². The number of hydrogen-bond acceptors (Lipinski definition) is 4. The van der Waals surface area contributed by atoms with Gasteiger partial charge in [-0.3, -0.25) is 0 Å². The fourth-order valence-corrected chi connectivity index (χ4v) is 0.293. The van der Waals surface area contributed by atoms with E-state index in [0.717, 1.165) is 12.2 Å². The molecular formula is C10H10CuO4. The smallest absolute Gasteiger partial charge is 0.545 e. The number of carboxylic acids is 2. The molecule has 85 valence electrons. The van der Waals surface area contributed by atoms with Crippen molar-refractivity contribution in [3.63, 3.8) is 0 Å². The minimum absolute atomic E-state index is 0. The summed E-state index contributed by atoms with van der Waals surface area (Å²) in [5, 5.41) is 19.0. The van der Waals surface area contributed by atoms with E-state index in [4.69, 9.17) is 0 Å². The summed E-state index contributed by atoms with van der Waals surface area (Å²) in [6.07, 6.45) is 7.16. The van der Waals surface area contributed by atoms with Crippen LogP contribution in [0.1, 0.15) is 0 Å². The molecule has 15 heavy (non-hydrogen) atoms. The van der Waals surface area contributed by atoms with Crippen LogP contribution in [0.5, 0.6) is 0 Å². The van der Waals surface area contributed by atoms with E-state index in [1.54, 1.807) is 0 Å². The molecule has 0 saturated carbocycles. The zero-order chi connectivity index (χ0) is 11.4. The Morgan fingerprint density at radius 2 is 1.13 bits per heavy atom. The van der Waals surface area contributed by atoms with Crippen LogP contribution in [0, 0.1) is 0 Å². The Kier molecular flexibility index (Phi) is 19.0. The number of carbonyl (C=O) groups is 2. The molecule has 0 heterocycles. The minimum Gasteiger partial charge on any atom is -0.545 e. The third-order valence-electron chi connectivity index (χ3n) is 0.737.